The summed E-state index contributed by atoms with van der Waals surface area (Å²) in [6.07, 6.45) is 4.45. The van der Waals surface area contributed by atoms with Crippen LogP contribution in [0.15, 0.2) is 4.52 Å². The number of nitrogens with zero attached hydrogens (tertiary/aromatic N) is 4. The molecular weight excluding hydrogens is 266 g/mol. The third-order valence-electron chi connectivity index (χ3n) is 5.06. The van der Waals surface area contributed by atoms with Crippen LogP contribution in [0.5, 0.6) is 0 Å². The fraction of sp³-hybridized carbons (Fsp3) is 0.867. The molecule has 0 amide bonds. The average molecular weight is 293 g/mol. The van der Waals surface area contributed by atoms with Crippen LogP contribution in [0.25, 0.3) is 0 Å². The Labute approximate surface area is 126 Å². The molecule has 0 bridgehead atoms. The van der Waals surface area contributed by atoms with Gasteiger partial charge >= 0.3 is 0 Å². The Morgan fingerprint density at radius 3 is 2.90 bits per heavy atom. The lowest BCUT2D eigenvalue weighted by Gasteiger charge is -2.25. The van der Waals surface area contributed by atoms with Crippen molar-refractivity contribution in [2.45, 2.75) is 44.2 Å². The van der Waals surface area contributed by atoms with Crippen LogP contribution >= 0.6 is 0 Å². The van der Waals surface area contributed by atoms with E-state index in [1.807, 2.05) is 0 Å². The molecule has 1 aromatic heterocycles. The number of hydrogen-bond acceptors (Lipinski definition) is 6. The monoisotopic (exact) mass is 293 g/mol. The van der Waals surface area contributed by atoms with Crippen LogP contribution in [-0.4, -0.2) is 60.2 Å². The minimum atomic E-state index is -0.0968. The zero-order chi connectivity index (χ0) is 14.9. The summed E-state index contributed by atoms with van der Waals surface area (Å²) in [6, 6.07) is 0.227. The molecule has 3 heterocycles. The first-order valence-corrected chi connectivity index (χ1v) is 8.12. The topological polar surface area (TPSA) is 57.4 Å². The predicted octanol–water partition coefficient (Wildman–Crippen LogP) is 1.37. The standard InChI is InChI=1S/C15H27N5O/c1-4-15(7-5-8-16-15)14-17-13(18-21-14)12-11-19(2)9-6-10-20(12)3/h12,16H,4-11H2,1-3H3. The molecular formula is C15H27N5O. The summed E-state index contributed by atoms with van der Waals surface area (Å²) in [5.74, 6) is 1.61. The first kappa shape index (κ1) is 14.9. The Morgan fingerprint density at radius 2 is 2.19 bits per heavy atom. The van der Waals surface area contributed by atoms with Gasteiger partial charge < -0.3 is 14.7 Å². The van der Waals surface area contributed by atoms with Crippen molar-refractivity contribution in [1.29, 1.82) is 0 Å². The summed E-state index contributed by atoms with van der Waals surface area (Å²) >= 11 is 0. The molecule has 0 saturated carbocycles. The van der Waals surface area contributed by atoms with Gasteiger partial charge in [0.2, 0.25) is 5.89 Å². The Balaban J connectivity index is 1.83. The summed E-state index contributed by atoms with van der Waals surface area (Å²) in [6.45, 7) is 6.40. The van der Waals surface area contributed by atoms with Crippen molar-refractivity contribution >= 4 is 0 Å². The smallest absolute Gasteiger partial charge is 0.246 e. The van der Waals surface area contributed by atoms with E-state index in [-0.39, 0.29) is 11.6 Å². The highest BCUT2D eigenvalue weighted by Crippen LogP contribution is 2.33. The second-order valence-corrected chi connectivity index (χ2v) is 6.54. The van der Waals surface area contributed by atoms with Gasteiger partial charge in [-0.3, -0.25) is 4.90 Å². The maximum absolute atomic E-state index is 5.65. The quantitative estimate of drug-likeness (QED) is 0.908. The van der Waals surface area contributed by atoms with Crippen LogP contribution in [0.3, 0.4) is 0 Å². The molecule has 6 nitrogen and oxygen atoms in total. The van der Waals surface area contributed by atoms with Crippen LogP contribution in [-0.2, 0) is 5.54 Å². The number of nitrogens with one attached hydrogen (secondary N) is 1. The predicted molar refractivity (Wildman–Crippen MR) is 81.0 cm³/mol. The summed E-state index contributed by atoms with van der Waals surface area (Å²) in [5.41, 5.74) is -0.0968. The fourth-order valence-corrected chi connectivity index (χ4v) is 3.56. The maximum Gasteiger partial charge on any atom is 0.246 e. The van der Waals surface area contributed by atoms with Crippen LogP contribution in [0.2, 0.25) is 0 Å². The van der Waals surface area contributed by atoms with Gasteiger partial charge in [-0.05, 0) is 59.4 Å². The van der Waals surface area contributed by atoms with E-state index in [0.29, 0.717) is 0 Å². The van der Waals surface area contributed by atoms with Crippen molar-refractivity contribution in [2.75, 3.05) is 40.3 Å². The normalized spacial score (nSPS) is 32.4. The highest BCUT2D eigenvalue weighted by Gasteiger charge is 2.39. The van der Waals surface area contributed by atoms with Gasteiger partial charge in [0.1, 0.15) is 0 Å². The van der Waals surface area contributed by atoms with Crippen LogP contribution in [0.1, 0.15) is 50.4 Å². The minimum Gasteiger partial charge on any atom is -0.337 e. The lowest BCUT2D eigenvalue weighted by Crippen LogP contribution is -2.36. The SMILES string of the molecule is CCC1(c2nc(C3CN(C)CCCN3C)no2)CCCN1. The van der Waals surface area contributed by atoms with Gasteiger partial charge in [0.25, 0.3) is 0 Å². The number of hydrogen-bond donors (Lipinski definition) is 1. The summed E-state index contributed by atoms with van der Waals surface area (Å²) in [7, 11) is 4.32. The Bertz CT molecular complexity index is 468. The number of rotatable bonds is 3. The van der Waals surface area contributed by atoms with Gasteiger partial charge in [0, 0.05) is 6.54 Å². The Hall–Kier alpha value is -0.980. The highest BCUT2D eigenvalue weighted by atomic mass is 16.5. The van der Waals surface area contributed by atoms with Gasteiger partial charge in [0.15, 0.2) is 5.82 Å². The van der Waals surface area contributed by atoms with Gasteiger partial charge in [0.05, 0.1) is 11.6 Å². The lowest BCUT2D eigenvalue weighted by molar-refractivity contribution is 0.212. The van der Waals surface area contributed by atoms with E-state index in [9.17, 15) is 0 Å². The van der Waals surface area contributed by atoms with Gasteiger partial charge in [-0.25, -0.2) is 0 Å². The van der Waals surface area contributed by atoms with E-state index in [2.05, 4.69) is 41.3 Å². The molecule has 21 heavy (non-hydrogen) atoms. The van der Waals surface area contributed by atoms with E-state index >= 15 is 0 Å². The van der Waals surface area contributed by atoms with Crippen molar-refractivity contribution in [3.05, 3.63) is 11.7 Å². The molecule has 0 radical (unpaired) electrons. The van der Waals surface area contributed by atoms with E-state index in [4.69, 9.17) is 9.51 Å². The van der Waals surface area contributed by atoms with Crippen LogP contribution < -0.4 is 5.32 Å². The third kappa shape index (κ3) is 2.84. The Morgan fingerprint density at radius 1 is 1.33 bits per heavy atom. The second kappa shape index (κ2) is 6.02. The zero-order valence-electron chi connectivity index (χ0n) is 13.4. The molecule has 2 fully saturated rings. The molecule has 2 atom stereocenters. The molecule has 0 aromatic carbocycles. The Kier molecular flexibility index (Phi) is 4.28. The molecule has 0 aliphatic carbocycles. The first-order chi connectivity index (χ1) is 10.1. The number of likely N-dealkylation sites (N-methyl/N-ethyl adjacent to an activating group) is 2. The molecule has 1 aromatic rings. The average Bonchev–Trinajstić information content (AvgIpc) is 3.11. The summed E-state index contributed by atoms with van der Waals surface area (Å²) in [4.78, 5) is 9.48. The van der Waals surface area contributed by atoms with Crippen molar-refractivity contribution in [3.8, 4) is 0 Å². The van der Waals surface area contributed by atoms with Crippen molar-refractivity contribution < 1.29 is 4.52 Å². The number of aromatic nitrogens is 2. The second-order valence-electron chi connectivity index (χ2n) is 6.54. The summed E-state index contributed by atoms with van der Waals surface area (Å²) < 4.78 is 5.65. The van der Waals surface area contributed by atoms with E-state index < -0.39 is 0 Å². The summed E-state index contributed by atoms with van der Waals surface area (Å²) in [5, 5.41) is 7.87. The molecule has 2 aliphatic rings. The van der Waals surface area contributed by atoms with Crippen LogP contribution in [0.4, 0.5) is 0 Å². The largest absolute Gasteiger partial charge is 0.337 e. The first-order valence-electron chi connectivity index (χ1n) is 8.12. The third-order valence-corrected chi connectivity index (χ3v) is 5.06. The van der Waals surface area contributed by atoms with Gasteiger partial charge in [-0.1, -0.05) is 12.1 Å². The van der Waals surface area contributed by atoms with E-state index in [1.54, 1.807) is 0 Å². The van der Waals surface area contributed by atoms with E-state index in [0.717, 1.165) is 50.7 Å². The molecule has 118 valence electrons. The molecule has 2 unspecified atom stereocenters. The van der Waals surface area contributed by atoms with Crippen LogP contribution in [0, 0.1) is 0 Å². The fourth-order valence-electron chi connectivity index (χ4n) is 3.56. The zero-order valence-corrected chi connectivity index (χ0v) is 13.4. The minimum absolute atomic E-state index is 0.0968. The highest BCUT2D eigenvalue weighted by molar-refractivity contribution is 5.08. The van der Waals surface area contributed by atoms with E-state index in [1.165, 1.54) is 12.8 Å². The molecule has 1 N–H and O–H groups in total. The van der Waals surface area contributed by atoms with Crippen molar-refractivity contribution in [3.63, 3.8) is 0 Å². The maximum atomic E-state index is 5.65. The van der Waals surface area contributed by atoms with Crippen molar-refractivity contribution in [2.24, 2.45) is 0 Å². The molecule has 2 aliphatic heterocycles. The lowest BCUT2D eigenvalue weighted by atomic mass is 9.94. The molecule has 0 spiro atoms. The van der Waals surface area contributed by atoms with Gasteiger partial charge in [-0.15, -0.1) is 0 Å². The van der Waals surface area contributed by atoms with Gasteiger partial charge in [-0.2, -0.15) is 4.98 Å². The molecule has 2 saturated heterocycles. The molecule has 6 heteroatoms. The molecule has 3 rings (SSSR count). The van der Waals surface area contributed by atoms with Crippen molar-refractivity contribution in [1.82, 2.24) is 25.3 Å².